The Morgan fingerprint density at radius 2 is 1.61 bits per heavy atom. The Hall–Kier alpha value is -0.850. The molecule has 0 aliphatic carbocycles. The van der Waals surface area contributed by atoms with E-state index in [-0.39, 0.29) is 0 Å². The minimum absolute atomic E-state index is 0.341. The molecule has 4 N–H and O–H groups in total. The summed E-state index contributed by atoms with van der Waals surface area (Å²) in [6, 6.07) is 0. The Balaban J connectivity index is 4.12. The molecule has 0 aromatic heterocycles. The van der Waals surface area contributed by atoms with Crippen LogP contribution in [-0.4, -0.2) is 47.5 Å². The van der Waals surface area contributed by atoms with Gasteiger partial charge in [0.15, 0.2) is 0 Å². The van der Waals surface area contributed by atoms with Gasteiger partial charge in [-0.2, -0.15) is 0 Å². The van der Waals surface area contributed by atoms with Crippen molar-refractivity contribution in [3.05, 3.63) is 0 Å². The number of hydrogen-bond acceptors (Lipinski definition) is 5. The van der Waals surface area contributed by atoms with E-state index in [2.05, 4.69) is 19.2 Å². The average Bonchev–Trinajstić information content (AvgIpc) is 2.54. The zero-order chi connectivity index (χ0) is 17.5. The van der Waals surface area contributed by atoms with Gasteiger partial charge in [0, 0.05) is 5.92 Å². The topological polar surface area (TPSA) is 99.0 Å². The van der Waals surface area contributed by atoms with Gasteiger partial charge in [-0.25, -0.2) is 4.79 Å². The maximum atomic E-state index is 11.7. The van der Waals surface area contributed by atoms with Crippen molar-refractivity contribution in [1.82, 2.24) is 5.32 Å². The number of hydrogen-bond donors (Lipinski definition) is 4. The second-order valence-electron chi connectivity index (χ2n) is 6.17. The minimum Gasteiger partial charge on any atom is -0.449 e. The highest BCUT2D eigenvalue weighted by atomic mass is 16.6. The fourth-order valence-corrected chi connectivity index (χ4v) is 2.39. The normalized spacial score (nSPS) is 13.8. The number of nitrogens with one attached hydrogen (secondary N) is 1. The van der Waals surface area contributed by atoms with Crippen molar-refractivity contribution in [1.29, 1.82) is 0 Å². The summed E-state index contributed by atoms with van der Waals surface area (Å²) in [7, 11) is 0. The molecule has 0 rings (SSSR count). The largest absolute Gasteiger partial charge is 0.449 e. The molecule has 23 heavy (non-hydrogen) atoms. The molecule has 0 radical (unpaired) electrons. The summed E-state index contributed by atoms with van der Waals surface area (Å²) in [6.45, 7) is 3.85. The molecule has 6 heteroatoms. The predicted molar refractivity (Wildman–Crippen MR) is 89.9 cm³/mol. The van der Waals surface area contributed by atoms with Crippen molar-refractivity contribution < 1.29 is 24.9 Å². The molecular weight excluding hydrogens is 298 g/mol. The van der Waals surface area contributed by atoms with E-state index in [4.69, 9.17) is 14.9 Å². The molecule has 138 valence electrons. The predicted octanol–water partition coefficient (Wildman–Crippen LogP) is 2.41. The number of unbranched alkanes of at least 4 members (excludes halogenated alkanes) is 4. The zero-order valence-corrected chi connectivity index (χ0v) is 14.7. The first-order valence-electron chi connectivity index (χ1n) is 8.92. The standard InChI is InChI=1S/C17H35NO5/c1-3-5-7-8-10-14(9-6-4-2)13-23-17(22)18-16(21)15(11-19)12-20/h14-16,19-21H,3-13H2,1-2H3,(H,18,22). The number of aliphatic hydroxyl groups is 3. The molecule has 0 aliphatic rings. The van der Waals surface area contributed by atoms with Crippen LogP contribution in [-0.2, 0) is 4.74 Å². The summed E-state index contributed by atoms with van der Waals surface area (Å²) in [5, 5.41) is 29.8. The minimum atomic E-state index is -1.31. The third kappa shape index (κ3) is 11.3. The molecule has 0 bridgehead atoms. The van der Waals surface area contributed by atoms with E-state index >= 15 is 0 Å². The number of amides is 1. The highest BCUT2D eigenvalue weighted by Gasteiger charge is 2.20. The van der Waals surface area contributed by atoms with Gasteiger partial charge in [-0.05, 0) is 18.8 Å². The van der Waals surface area contributed by atoms with Crippen molar-refractivity contribution in [2.24, 2.45) is 11.8 Å². The van der Waals surface area contributed by atoms with Crippen LogP contribution in [0.2, 0.25) is 0 Å². The van der Waals surface area contributed by atoms with Crippen molar-refractivity contribution in [2.45, 2.75) is 71.4 Å². The molecular formula is C17H35NO5. The van der Waals surface area contributed by atoms with Crippen molar-refractivity contribution >= 4 is 6.09 Å². The quantitative estimate of drug-likeness (QED) is 0.289. The van der Waals surface area contributed by atoms with E-state index in [1.807, 2.05) is 0 Å². The fourth-order valence-electron chi connectivity index (χ4n) is 2.39. The molecule has 0 aromatic carbocycles. The van der Waals surface area contributed by atoms with Crippen molar-refractivity contribution in [2.75, 3.05) is 19.8 Å². The van der Waals surface area contributed by atoms with Gasteiger partial charge in [0.1, 0.15) is 6.23 Å². The van der Waals surface area contributed by atoms with E-state index < -0.39 is 31.5 Å². The molecule has 0 saturated heterocycles. The van der Waals surface area contributed by atoms with E-state index in [0.717, 1.165) is 32.1 Å². The molecule has 0 spiro atoms. The maximum absolute atomic E-state index is 11.7. The summed E-state index contributed by atoms with van der Waals surface area (Å²) in [5.74, 6) is -0.450. The van der Waals surface area contributed by atoms with Crippen LogP contribution in [0.5, 0.6) is 0 Å². The zero-order valence-electron chi connectivity index (χ0n) is 14.7. The van der Waals surface area contributed by atoms with Gasteiger partial charge in [0.2, 0.25) is 0 Å². The second kappa shape index (κ2) is 14.7. The molecule has 0 aromatic rings. The van der Waals surface area contributed by atoms with Crippen LogP contribution in [0.1, 0.15) is 65.2 Å². The molecule has 0 saturated carbocycles. The number of ether oxygens (including phenoxy) is 1. The van der Waals surface area contributed by atoms with E-state index in [1.165, 1.54) is 19.3 Å². The second-order valence-corrected chi connectivity index (χ2v) is 6.17. The SMILES string of the molecule is CCCCCCC(CCCC)COC(=O)NC(O)C(CO)CO. The molecule has 0 heterocycles. The van der Waals surface area contributed by atoms with Crippen LogP contribution in [0.15, 0.2) is 0 Å². The first kappa shape index (κ1) is 22.1. The molecule has 6 nitrogen and oxygen atoms in total. The van der Waals surface area contributed by atoms with Gasteiger partial charge in [-0.1, -0.05) is 52.4 Å². The summed E-state index contributed by atoms with van der Waals surface area (Å²) in [6.07, 6.45) is 7.08. The molecule has 0 fully saturated rings. The van der Waals surface area contributed by atoms with Crippen molar-refractivity contribution in [3.63, 3.8) is 0 Å². The average molecular weight is 333 g/mol. The van der Waals surface area contributed by atoms with Gasteiger partial charge >= 0.3 is 6.09 Å². The molecule has 1 amide bonds. The van der Waals surface area contributed by atoms with Crippen LogP contribution in [0, 0.1) is 11.8 Å². The van der Waals surface area contributed by atoms with Crippen LogP contribution in [0.25, 0.3) is 0 Å². The maximum Gasteiger partial charge on any atom is 0.409 e. The number of aliphatic hydroxyl groups excluding tert-OH is 3. The summed E-state index contributed by atoms with van der Waals surface area (Å²) < 4.78 is 5.19. The summed E-state index contributed by atoms with van der Waals surface area (Å²) >= 11 is 0. The van der Waals surface area contributed by atoms with Crippen LogP contribution in [0.3, 0.4) is 0 Å². The van der Waals surface area contributed by atoms with Gasteiger partial charge in [0.25, 0.3) is 0 Å². The fraction of sp³-hybridized carbons (Fsp3) is 0.941. The van der Waals surface area contributed by atoms with E-state index in [9.17, 15) is 9.90 Å². The Labute approximate surface area is 140 Å². The Morgan fingerprint density at radius 3 is 2.17 bits per heavy atom. The number of alkyl carbamates (subject to hydrolysis) is 1. The third-order valence-corrected chi connectivity index (χ3v) is 4.06. The van der Waals surface area contributed by atoms with E-state index in [1.54, 1.807) is 0 Å². The third-order valence-electron chi connectivity index (χ3n) is 4.06. The highest BCUT2D eigenvalue weighted by molar-refractivity contribution is 5.67. The molecule has 0 aliphatic heterocycles. The lowest BCUT2D eigenvalue weighted by molar-refractivity contribution is 0.00867. The van der Waals surface area contributed by atoms with Crippen molar-refractivity contribution in [3.8, 4) is 0 Å². The molecule has 2 unspecified atom stereocenters. The highest BCUT2D eigenvalue weighted by Crippen LogP contribution is 2.18. The Kier molecular flexibility index (Phi) is 14.2. The summed E-state index contributed by atoms with van der Waals surface area (Å²) in [4.78, 5) is 11.7. The van der Waals surface area contributed by atoms with Gasteiger partial charge in [-0.3, -0.25) is 5.32 Å². The number of rotatable bonds is 14. The smallest absolute Gasteiger partial charge is 0.409 e. The lowest BCUT2D eigenvalue weighted by Gasteiger charge is -2.21. The Bertz CT molecular complexity index is 284. The van der Waals surface area contributed by atoms with Crippen LogP contribution < -0.4 is 5.32 Å². The van der Waals surface area contributed by atoms with Crippen LogP contribution in [0.4, 0.5) is 4.79 Å². The van der Waals surface area contributed by atoms with Crippen LogP contribution >= 0.6 is 0 Å². The molecule has 2 atom stereocenters. The number of carbonyl (C=O) groups is 1. The first-order valence-corrected chi connectivity index (χ1v) is 8.92. The van der Waals surface area contributed by atoms with Gasteiger partial charge in [-0.15, -0.1) is 0 Å². The van der Waals surface area contributed by atoms with Gasteiger partial charge < -0.3 is 20.1 Å². The van der Waals surface area contributed by atoms with Gasteiger partial charge in [0.05, 0.1) is 19.8 Å². The lowest BCUT2D eigenvalue weighted by atomic mass is 9.96. The lowest BCUT2D eigenvalue weighted by Crippen LogP contribution is -2.43. The Morgan fingerprint density at radius 1 is 1.00 bits per heavy atom. The summed E-state index contributed by atoms with van der Waals surface area (Å²) in [5.41, 5.74) is 0. The number of carbonyl (C=O) groups excluding carboxylic acids is 1. The first-order chi connectivity index (χ1) is 11.1. The van der Waals surface area contributed by atoms with E-state index in [0.29, 0.717) is 12.5 Å². The monoisotopic (exact) mass is 333 g/mol.